The van der Waals surface area contributed by atoms with Crippen LogP contribution in [0.2, 0.25) is 0 Å². The first-order valence-electron chi connectivity index (χ1n) is 5.50. The van der Waals surface area contributed by atoms with Gasteiger partial charge in [0.1, 0.15) is 11.7 Å². The molecule has 0 aliphatic carbocycles. The largest absolute Gasteiger partial charge is 0.481 e. The summed E-state index contributed by atoms with van der Waals surface area (Å²) in [4.78, 5) is 29.2. The van der Waals surface area contributed by atoms with Gasteiger partial charge in [-0.25, -0.2) is 9.78 Å². The second-order valence-electron chi connectivity index (χ2n) is 3.95. The van der Waals surface area contributed by atoms with Gasteiger partial charge in [-0.2, -0.15) is 0 Å². The molecule has 0 saturated carbocycles. The van der Waals surface area contributed by atoms with Crippen molar-refractivity contribution < 1.29 is 19.4 Å². The SMILES string of the molecule is O=C(NCc1ncc[nH]1)NC1COCC1C(=O)O. The number of carbonyl (C=O) groups is 2. The number of aliphatic carboxylic acids is 1. The molecule has 18 heavy (non-hydrogen) atoms. The number of rotatable bonds is 4. The van der Waals surface area contributed by atoms with E-state index in [0.29, 0.717) is 5.82 Å². The van der Waals surface area contributed by atoms with Crippen molar-refractivity contribution >= 4 is 12.0 Å². The number of ether oxygens (including phenoxy) is 1. The number of imidazole rings is 1. The summed E-state index contributed by atoms with van der Waals surface area (Å²) in [5.74, 6) is -1.04. The normalized spacial score (nSPS) is 22.7. The second-order valence-corrected chi connectivity index (χ2v) is 3.95. The Kier molecular flexibility index (Phi) is 3.78. The van der Waals surface area contributed by atoms with Crippen LogP contribution in [0.4, 0.5) is 4.79 Å². The predicted octanol–water partition coefficient (Wildman–Crippen LogP) is -0.692. The van der Waals surface area contributed by atoms with E-state index in [1.165, 1.54) is 0 Å². The van der Waals surface area contributed by atoms with Crippen LogP contribution in [0.25, 0.3) is 0 Å². The van der Waals surface area contributed by atoms with Crippen LogP contribution >= 0.6 is 0 Å². The number of aromatic amines is 1. The van der Waals surface area contributed by atoms with E-state index in [2.05, 4.69) is 20.6 Å². The van der Waals surface area contributed by atoms with Crippen LogP contribution in [-0.4, -0.2) is 46.3 Å². The highest BCUT2D eigenvalue weighted by Gasteiger charge is 2.34. The summed E-state index contributed by atoms with van der Waals surface area (Å²) in [5.41, 5.74) is 0. The van der Waals surface area contributed by atoms with E-state index >= 15 is 0 Å². The molecule has 2 rings (SSSR count). The third-order valence-corrected chi connectivity index (χ3v) is 2.69. The van der Waals surface area contributed by atoms with Crippen LogP contribution in [0.3, 0.4) is 0 Å². The van der Waals surface area contributed by atoms with Crippen LogP contribution in [0.1, 0.15) is 5.82 Å². The van der Waals surface area contributed by atoms with Crippen LogP contribution in [0.5, 0.6) is 0 Å². The molecule has 8 nitrogen and oxygen atoms in total. The average molecular weight is 254 g/mol. The minimum Gasteiger partial charge on any atom is -0.481 e. The molecule has 0 spiro atoms. The third kappa shape index (κ3) is 2.98. The molecule has 0 radical (unpaired) electrons. The topological polar surface area (TPSA) is 116 Å². The summed E-state index contributed by atoms with van der Waals surface area (Å²) in [6.45, 7) is 0.591. The van der Waals surface area contributed by atoms with Crippen molar-refractivity contribution in [3.05, 3.63) is 18.2 Å². The molecule has 2 unspecified atom stereocenters. The molecule has 8 heteroatoms. The van der Waals surface area contributed by atoms with E-state index in [1.54, 1.807) is 12.4 Å². The fourth-order valence-electron chi connectivity index (χ4n) is 1.72. The van der Waals surface area contributed by atoms with Crippen LogP contribution in [0, 0.1) is 5.92 Å². The van der Waals surface area contributed by atoms with Crippen molar-refractivity contribution in [2.24, 2.45) is 5.92 Å². The Bertz CT molecular complexity index is 420. The second kappa shape index (κ2) is 5.50. The van der Waals surface area contributed by atoms with Gasteiger partial charge in [0.15, 0.2) is 0 Å². The Morgan fingerprint density at radius 3 is 3.06 bits per heavy atom. The maximum atomic E-state index is 11.5. The minimum atomic E-state index is -0.969. The van der Waals surface area contributed by atoms with E-state index in [-0.39, 0.29) is 19.8 Å². The quantitative estimate of drug-likeness (QED) is 0.567. The van der Waals surface area contributed by atoms with Gasteiger partial charge in [-0.3, -0.25) is 4.79 Å². The Balaban J connectivity index is 1.78. The molecule has 0 bridgehead atoms. The zero-order valence-corrected chi connectivity index (χ0v) is 9.55. The van der Waals surface area contributed by atoms with Gasteiger partial charge in [0.2, 0.25) is 0 Å². The Morgan fingerprint density at radius 2 is 2.39 bits per heavy atom. The molecule has 1 aliphatic heterocycles. The number of hydrogen-bond acceptors (Lipinski definition) is 4. The van der Waals surface area contributed by atoms with Crippen molar-refractivity contribution in [2.45, 2.75) is 12.6 Å². The summed E-state index contributed by atoms with van der Waals surface area (Å²) in [6.07, 6.45) is 3.24. The summed E-state index contributed by atoms with van der Waals surface area (Å²) in [6, 6.07) is -0.938. The van der Waals surface area contributed by atoms with E-state index in [0.717, 1.165) is 0 Å². The monoisotopic (exact) mass is 254 g/mol. The lowest BCUT2D eigenvalue weighted by Crippen LogP contribution is -2.47. The highest BCUT2D eigenvalue weighted by atomic mass is 16.5. The summed E-state index contributed by atoms with van der Waals surface area (Å²) in [5, 5.41) is 14.1. The lowest BCUT2D eigenvalue weighted by molar-refractivity contribution is -0.142. The standard InChI is InChI=1S/C10H14N4O4/c15-9(16)6-4-18-5-7(6)14-10(17)13-3-8-11-1-2-12-8/h1-2,6-7H,3-5H2,(H,11,12)(H,15,16)(H2,13,14,17). The van der Waals surface area contributed by atoms with Gasteiger partial charge < -0.3 is 25.5 Å². The molecular formula is C10H14N4O4. The highest BCUT2D eigenvalue weighted by Crippen LogP contribution is 2.13. The Morgan fingerprint density at radius 1 is 1.56 bits per heavy atom. The van der Waals surface area contributed by atoms with Gasteiger partial charge in [-0.1, -0.05) is 0 Å². The van der Waals surface area contributed by atoms with Gasteiger partial charge in [0.25, 0.3) is 0 Å². The third-order valence-electron chi connectivity index (χ3n) is 2.69. The maximum Gasteiger partial charge on any atom is 0.315 e. The smallest absolute Gasteiger partial charge is 0.315 e. The number of hydrogen-bond donors (Lipinski definition) is 4. The molecule has 1 saturated heterocycles. The number of aromatic nitrogens is 2. The number of amides is 2. The van der Waals surface area contributed by atoms with Gasteiger partial charge in [-0.05, 0) is 0 Å². The van der Waals surface area contributed by atoms with Gasteiger partial charge in [-0.15, -0.1) is 0 Å². The fraction of sp³-hybridized carbons (Fsp3) is 0.500. The maximum absolute atomic E-state index is 11.5. The van der Waals surface area contributed by atoms with Crippen molar-refractivity contribution in [2.75, 3.05) is 13.2 Å². The number of H-pyrrole nitrogens is 1. The molecule has 0 aromatic carbocycles. The molecule has 1 aromatic rings. The number of carbonyl (C=O) groups excluding carboxylic acids is 1. The van der Waals surface area contributed by atoms with Crippen LogP contribution < -0.4 is 10.6 Å². The predicted molar refractivity (Wildman–Crippen MR) is 59.7 cm³/mol. The summed E-state index contributed by atoms with van der Waals surface area (Å²) < 4.78 is 5.04. The Labute approximate surface area is 103 Å². The lowest BCUT2D eigenvalue weighted by Gasteiger charge is -2.15. The lowest BCUT2D eigenvalue weighted by atomic mass is 10.0. The summed E-state index contributed by atoms with van der Waals surface area (Å²) in [7, 11) is 0. The van der Waals surface area contributed by atoms with Gasteiger partial charge >= 0.3 is 12.0 Å². The number of carboxylic acids is 1. The van der Waals surface area contributed by atoms with Crippen LogP contribution in [0.15, 0.2) is 12.4 Å². The molecule has 2 heterocycles. The molecule has 98 valence electrons. The number of nitrogens with zero attached hydrogens (tertiary/aromatic N) is 1. The summed E-state index contributed by atoms with van der Waals surface area (Å²) >= 11 is 0. The number of nitrogens with one attached hydrogen (secondary N) is 3. The Hall–Kier alpha value is -2.09. The van der Waals surface area contributed by atoms with E-state index in [1.807, 2.05) is 0 Å². The number of urea groups is 1. The first-order chi connectivity index (χ1) is 8.66. The zero-order valence-electron chi connectivity index (χ0n) is 9.55. The van der Waals surface area contributed by atoms with Crippen molar-refractivity contribution in [1.82, 2.24) is 20.6 Å². The van der Waals surface area contributed by atoms with E-state index in [4.69, 9.17) is 9.84 Å². The molecule has 2 atom stereocenters. The molecule has 1 fully saturated rings. The molecule has 1 aliphatic rings. The van der Waals surface area contributed by atoms with Crippen molar-refractivity contribution in [1.29, 1.82) is 0 Å². The van der Waals surface area contributed by atoms with Crippen molar-refractivity contribution in [3.63, 3.8) is 0 Å². The molecule has 2 amide bonds. The zero-order chi connectivity index (χ0) is 13.0. The minimum absolute atomic E-state index is 0.123. The molecule has 4 N–H and O–H groups in total. The highest BCUT2D eigenvalue weighted by molar-refractivity contribution is 5.77. The molecular weight excluding hydrogens is 240 g/mol. The fourth-order valence-corrected chi connectivity index (χ4v) is 1.72. The first kappa shape index (κ1) is 12.4. The number of carboxylic acid groups (broad SMARTS) is 1. The van der Waals surface area contributed by atoms with Gasteiger partial charge in [0, 0.05) is 12.4 Å². The average Bonchev–Trinajstić information content (AvgIpc) is 2.96. The molecule has 1 aromatic heterocycles. The first-order valence-corrected chi connectivity index (χ1v) is 5.50. The van der Waals surface area contributed by atoms with Crippen molar-refractivity contribution in [3.8, 4) is 0 Å². The van der Waals surface area contributed by atoms with E-state index < -0.39 is 24.0 Å². The van der Waals surface area contributed by atoms with Crippen LogP contribution in [-0.2, 0) is 16.1 Å². The van der Waals surface area contributed by atoms with Gasteiger partial charge in [0.05, 0.1) is 25.8 Å². The van der Waals surface area contributed by atoms with E-state index in [9.17, 15) is 9.59 Å².